The minimum Gasteiger partial charge on any atom is -0.489 e. The van der Waals surface area contributed by atoms with Crippen LogP contribution in [-0.2, 0) is 4.74 Å². The van der Waals surface area contributed by atoms with Crippen molar-refractivity contribution in [1.82, 2.24) is 10.3 Å². The number of anilines is 2. The van der Waals surface area contributed by atoms with E-state index in [4.69, 9.17) is 9.47 Å². The number of aryl methyl sites for hydroxylation is 1. The van der Waals surface area contributed by atoms with Crippen LogP contribution in [0.2, 0.25) is 0 Å². The first-order chi connectivity index (χ1) is 14.2. The molecule has 1 fully saturated rings. The molecule has 1 N–H and O–H groups in total. The zero-order valence-corrected chi connectivity index (χ0v) is 17.2. The maximum Gasteiger partial charge on any atom is 0.255 e. The molecule has 0 saturated heterocycles. The molecular formula is C23H29N3O3. The van der Waals surface area contributed by atoms with Crippen molar-refractivity contribution in [3.05, 3.63) is 47.7 Å². The van der Waals surface area contributed by atoms with Crippen LogP contribution in [0.3, 0.4) is 0 Å². The highest BCUT2D eigenvalue weighted by atomic mass is 16.5. The molecule has 1 aromatic carbocycles. The second kappa shape index (κ2) is 8.82. The number of carbonyl (C=O) groups excluding carboxylic acids is 1. The van der Waals surface area contributed by atoms with Gasteiger partial charge in [-0.3, -0.25) is 4.79 Å². The van der Waals surface area contributed by atoms with Gasteiger partial charge in [0.15, 0.2) is 5.75 Å². The summed E-state index contributed by atoms with van der Waals surface area (Å²) in [5, 5.41) is 3.22. The third kappa shape index (κ3) is 4.37. The topological polar surface area (TPSA) is 63.7 Å². The fourth-order valence-corrected chi connectivity index (χ4v) is 4.26. The Balaban J connectivity index is 1.50. The van der Waals surface area contributed by atoms with Crippen LogP contribution in [-0.4, -0.2) is 43.8 Å². The molecule has 154 valence electrons. The van der Waals surface area contributed by atoms with Gasteiger partial charge in [-0.05, 0) is 62.3 Å². The molecule has 2 aromatic rings. The summed E-state index contributed by atoms with van der Waals surface area (Å²) < 4.78 is 11.2. The van der Waals surface area contributed by atoms with Crippen molar-refractivity contribution >= 4 is 17.4 Å². The molecule has 1 amide bonds. The number of hydrogen-bond donors (Lipinski definition) is 1. The monoisotopic (exact) mass is 395 g/mol. The Labute approximate surface area is 172 Å². The van der Waals surface area contributed by atoms with Crippen molar-refractivity contribution in [1.29, 1.82) is 0 Å². The van der Waals surface area contributed by atoms with Gasteiger partial charge in [0.2, 0.25) is 0 Å². The Kier molecular flexibility index (Phi) is 6.00. The van der Waals surface area contributed by atoms with E-state index in [9.17, 15) is 4.79 Å². The van der Waals surface area contributed by atoms with Crippen molar-refractivity contribution in [3.8, 4) is 5.75 Å². The van der Waals surface area contributed by atoms with Crippen LogP contribution in [0.4, 0.5) is 11.5 Å². The summed E-state index contributed by atoms with van der Waals surface area (Å²) in [6, 6.07) is 10.0. The molecule has 1 aliphatic carbocycles. The van der Waals surface area contributed by atoms with Crippen LogP contribution in [0.5, 0.6) is 5.75 Å². The Morgan fingerprint density at radius 3 is 2.79 bits per heavy atom. The molecule has 2 heterocycles. The fraction of sp³-hybridized carbons (Fsp3) is 0.478. The van der Waals surface area contributed by atoms with E-state index in [1.807, 2.05) is 43.5 Å². The van der Waals surface area contributed by atoms with Crippen LogP contribution in [0.25, 0.3) is 0 Å². The van der Waals surface area contributed by atoms with Crippen molar-refractivity contribution in [3.63, 3.8) is 0 Å². The minimum atomic E-state index is -0.0595. The number of nitrogens with one attached hydrogen (secondary N) is 1. The number of nitrogens with zero attached hydrogens (tertiary/aromatic N) is 2. The standard InChI is InChI=1S/C23H29N3O3/c1-16-6-11-21(24-14-16)26-12-13-29-22-19(4-3-5-20(22)26)23(27)25-18-9-7-17(8-10-18)15-28-2/h3-6,11,14,17-18H,7-10,12-13,15H2,1-2H3,(H,25,27)/t17-,18-. The quantitative estimate of drug-likeness (QED) is 0.833. The maximum absolute atomic E-state index is 13.0. The molecule has 0 unspecified atom stereocenters. The van der Waals surface area contributed by atoms with Crippen LogP contribution in [0.15, 0.2) is 36.5 Å². The molecule has 4 rings (SSSR count). The molecule has 1 aromatic heterocycles. The van der Waals surface area contributed by atoms with E-state index in [1.54, 1.807) is 7.11 Å². The first-order valence-corrected chi connectivity index (χ1v) is 10.4. The second-order valence-corrected chi connectivity index (χ2v) is 7.99. The largest absolute Gasteiger partial charge is 0.489 e. The van der Waals surface area contributed by atoms with Gasteiger partial charge in [0, 0.05) is 26.0 Å². The number of amides is 1. The lowest BCUT2D eigenvalue weighted by molar-refractivity contribution is 0.0894. The van der Waals surface area contributed by atoms with E-state index in [0.717, 1.165) is 49.4 Å². The number of rotatable bonds is 5. The van der Waals surface area contributed by atoms with Crippen molar-refractivity contribution in [2.24, 2.45) is 5.92 Å². The minimum absolute atomic E-state index is 0.0595. The summed E-state index contributed by atoms with van der Waals surface area (Å²) in [6.07, 6.45) is 6.04. The van der Waals surface area contributed by atoms with E-state index >= 15 is 0 Å². The van der Waals surface area contributed by atoms with Gasteiger partial charge in [-0.25, -0.2) is 4.98 Å². The molecule has 0 spiro atoms. The zero-order valence-electron chi connectivity index (χ0n) is 17.2. The van der Waals surface area contributed by atoms with Gasteiger partial charge in [-0.1, -0.05) is 12.1 Å². The highest BCUT2D eigenvalue weighted by Crippen LogP contribution is 2.38. The lowest BCUT2D eigenvalue weighted by Gasteiger charge is -2.32. The van der Waals surface area contributed by atoms with E-state index in [1.165, 1.54) is 0 Å². The molecule has 1 aliphatic heterocycles. The van der Waals surface area contributed by atoms with Crippen LogP contribution in [0, 0.1) is 12.8 Å². The maximum atomic E-state index is 13.0. The number of fused-ring (bicyclic) bond motifs is 1. The fourth-order valence-electron chi connectivity index (χ4n) is 4.26. The van der Waals surface area contributed by atoms with Gasteiger partial charge in [-0.15, -0.1) is 0 Å². The number of benzene rings is 1. The van der Waals surface area contributed by atoms with Gasteiger partial charge in [0.1, 0.15) is 12.4 Å². The van der Waals surface area contributed by atoms with Gasteiger partial charge >= 0.3 is 0 Å². The summed E-state index contributed by atoms with van der Waals surface area (Å²) in [5.74, 6) is 2.06. The zero-order chi connectivity index (χ0) is 20.2. The van der Waals surface area contributed by atoms with E-state index < -0.39 is 0 Å². The molecule has 0 radical (unpaired) electrons. The van der Waals surface area contributed by atoms with Crippen LogP contribution < -0.4 is 15.0 Å². The number of aromatic nitrogens is 1. The number of hydrogen-bond acceptors (Lipinski definition) is 5. The van der Waals surface area contributed by atoms with Gasteiger partial charge < -0.3 is 19.7 Å². The number of para-hydroxylation sites is 1. The SMILES string of the molecule is COC[C@H]1CC[C@H](NC(=O)c2cccc3c2OCCN3c2ccc(C)cn2)CC1. The van der Waals surface area contributed by atoms with E-state index in [-0.39, 0.29) is 11.9 Å². The van der Waals surface area contributed by atoms with E-state index in [2.05, 4.69) is 15.2 Å². The van der Waals surface area contributed by atoms with Crippen molar-refractivity contribution < 1.29 is 14.3 Å². The van der Waals surface area contributed by atoms with Crippen molar-refractivity contribution in [2.45, 2.75) is 38.6 Å². The Hall–Kier alpha value is -2.60. The third-order valence-electron chi connectivity index (χ3n) is 5.85. The third-order valence-corrected chi connectivity index (χ3v) is 5.85. The molecule has 1 saturated carbocycles. The number of ether oxygens (including phenoxy) is 2. The number of methoxy groups -OCH3 is 1. The van der Waals surface area contributed by atoms with Gasteiger partial charge in [0.05, 0.1) is 17.8 Å². The smallest absolute Gasteiger partial charge is 0.255 e. The molecule has 6 heteroatoms. The summed E-state index contributed by atoms with van der Waals surface area (Å²) in [6.45, 7) is 4.06. The highest BCUT2D eigenvalue weighted by Gasteiger charge is 2.28. The molecule has 6 nitrogen and oxygen atoms in total. The number of carbonyl (C=O) groups is 1. The predicted molar refractivity (Wildman–Crippen MR) is 113 cm³/mol. The summed E-state index contributed by atoms with van der Waals surface area (Å²) >= 11 is 0. The Bertz CT molecular complexity index is 845. The average molecular weight is 396 g/mol. The predicted octanol–water partition coefficient (Wildman–Crippen LogP) is 3.86. The molecule has 2 aliphatic rings. The lowest BCUT2D eigenvalue weighted by atomic mass is 9.86. The Morgan fingerprint density at radius 2 is 2.07 bits per heavy atom. The highest BCUT2D eigenvalue weighted by molar-refractivity contribution is 5.99. The summed E-state index contributed by atoms with van der Waals surface area (Å²) in [7, 11) is 1.75. The van der Waals surface area contributed by atoms with Crippen molar-refractivity contribution in [2.75, 3.05) is 31.8 Å². The lowest BCUT2D eigenvalue weighted by Crippen LogP contribution is -2.39. The molecular weight excluding hydrogens is 366 g/mol. The first-order valence-electron chi connectivity index (χ1n) is 10.4. The molecule has 29 heavy (non-hydrogen) atoms. The average Bonchev–Trinajstić information content (AvgIpc) is 2.75. The summed E-state index contributed by atoms with van der Waals surface area (Å²) in [5.41, 5.74) is 2.61. The first kappa shape index (κ1) is 19.7. The van der Waals surface area contributed by atoms with Crippen LogP contribution >= 0.6 is 0 Å². The normalized spacial score (nSPS) is 21.2. The summed E-state index contributed by atoms with van der Waals surface area (Å²) in [4.78, 5) is 19.7. The Morgan fingerprint density at radius 1 is 1.24 bits per heavy atom. The second-order valence-electron chi connectivity index (χ2n) is 7.99. The van der Waals surface area contributed by atoms with Gasteiger partial charge in [0.25, 0.3) is 5.91 Å². The van der Waals surface area contributed by atoms with E-state index in [0.29, 0.717) is 30.4 Å². The number of pyridine rings is 1. The van der Waals surface area contributed by atoms with Gasteiger partial charge in [-0.2, -0.15) is 0 Å². The van der Waals surface area contributed by atoms with Crippen LogP contribution in [0.1, 0.15) is 41.6 Å². The molecule has 0 bridgehead atoms. The molecule has 0 atom stereocenters.